The lowest BCUT2D eigenvalue weighted by atomic mass is 9.94. The number of fused-ring (bicyclic) bond motifs is 1. The van der Waals surface area contributed by atoms with Crippen LogP contribution in [0.1, 0.15) is 33.2 Å². The number of carbonyl (C=O) groups excluding carboxylic acids is 5. The van der Waals surface area contributed by atoms with Crippen molar-refractivity contribution >= 4 is 46.4 Å². The van der Waals surface area contributed by atoms with Crippen molar-refractivity contribution in [1.29, 1.82) is 0 Å². The number of aromatic nitrogens is 1. The van der Waals surface area contributed by atoms with E-state index in [0.717, 1.165) is 45.1 Å². The molecule has 0 saturated carbocycles. The number of benzene rings is 1. The largest absolute Gasteiger partial charge is 0.466 e. The van der Waals surface area contributed by atoms with Gasteiger partial charge in [-0.3, -0.25) is 4.57 Å². The maximum Gasteiger partial charge on any atom is 0.418 e. The molecule has 1 heterocycles. The Morgan fingerprint density at radius 1 is 0.906 bits per heavy atom. The van der Waals surface area contributed by atoms with Gasteiger partial charge in [0.15, 0.2) is 0 Å². The van der Waals surface area contributed by atoms with Crippen LogP contribution in [0.4, 0.5) is 4.79 Å². The average Bonchev–Trinajstić information content (AvgIpc) is 3.25. The SMILES string of the molecule is CCOC(=O)n1ccc2c(C(=O)OC)c(C(=O)OC)cc(/C(=C\C(=O)OC)C(=O)OC)c21. The zero-order valence-corrected chi connectivity index (χ0v) is 18.0. The van der Waals surface area contributed by atoms with E-state index in [-0.39, 0.29) is 39.8 Å². The van der Waals surface area contributed by atoms with E-state index < -0.39 is 30.0 Å². The summed E-state index contributed by atoms with van der Waals surface area (Å²) in [6, 6.07) is 2.49. The summed E-state index contributed by atoms with van der Waals surface area (Å²) < 4.78 is 25.0. The molecule has 0 bridgehead atoms. The van der Waals surface area contributed by atoms with Crippen molar-refractivity contribution in [2.75, 3.05) is 35.0 Å². The molecule has 170 valence electrons. The third-order valence-electron chi connectivity index (χ3n) is 4.39. The van der Waals surface area contributed by atoms with Crippen LogP contribution in [0.3, 0.4) is 0 Å². The Balaban J connectivity index is 3.10. The molecule has 0 unspecified atom stereocenters. The van der Waals surface area contributed by atoms with Crippen molar-refractivity contribution in [1.82, 2.24) is 4.57 Å². The van der Waals surface area contributed by atoms with Crippen LogP contribution in [0.15, 0.2) is 24.4 Å². The molecule has 0 amide bonds. The van der Waals surface area contributed by atoms with Gasteiger partial charge in [0.1, 0.15) is 0 Å². The monoisotopic (exact) mass is 447 g/mol. The molecule has 0 fully saturated rings. The molecule has 2 aromatic rings. The van der Waals surface area contributed by atoms with Crippen LogP contribution < -0.4 is 0 Å². The average molecular weight is 447 g/mol. The smallest absolute Gasteiger partial charge is 0.418 e. The minimum Gasteiger partial charge on any atom is -0.466 e. The first-order valence-electron chi connectivity index (χ1n) is 9.15. The second-order valence-corrected chi connectivity index (χ2v) is 6.05. The third kappa shape index (κ3) is 4.46. The first kappa shape index (κ1) is 24.1. The standard InChI is InChI=1S/C21H21NO10/c1-6-32-21(27)22-8-7-11-16(20(26)31-5)14(19(25)30-4)9-12(17(11)22)13(18(24)29-3)10-15(23)28-2/h7-10H,6H2,1-5H3/b13-10+. The van der Waals surface area contributed by atoms with E-state index in [9.17, 15) is 24.0 Å². The van der Waals surface area contributed by atoms with Gasteiger partial charge in [0, 0.05) is 23.2 Å². The van der Waals surface area contributed by atoms with Crippen molar-refractivity contribution in [2.45, 2.75) is 6.92 Å². The van der Waals surface area contributed by atoms with Gasteiger partial charge in [-0.2, -0.15) is 0 Å². The fourth-order valence-corrected chi connectivity index (χ4v) is 3.02. The molecule has 0 aliphatic carbocycles. The van der Waals surface area contributed by atoms with E-state index in [2.05, 4.69) is 4.74 Å². The van der Waals surface area contributed by atoms with Crippen LogP contribution >= 0.6 is 0 Å². The van der Waals surface area contributed by atoms with E-state index in [1.165, 1.54) is 12.3 Å². The molecule has 1 aromatic carbocycles. The second-order valence-electron chi connectivity index (χ2n) is 6.05. The maximum absolute atomic E-state index is 12.5. The topological polar surface area (TPSA) is 136 Å². The number of nitrogens with zero attached hydrogens (tertiary/aromatic N) is 1. The number of hydrogen-bond donors (Lipinski definition) is 0. The lowest BCUT2D eigenvalue weighted by Gasteiger charge is -2.15. The third-order valence-corrected chi connectivity index (χ3v) is 4.39. The summed E-state index contributed by atoms with van der Waals surface area (Å²) in [7, 11) is 4.40. The van der Waals surface area contributed by atoms with Gasteiger partial charge in [-0.1, -0.05) is 0 Å². The molecular weight excluding hydrogens is 426 g/mol. The highest BCUT2D eigenvalue weighted by Gasteiger charge is 2.30. The summed E-state index contributed by atoms with van der Waals surface area (Å²) in [4.78, 5) is 62.0. The second kappa shape index (κ2) is 10.2. The number of ether oxygens (including phenoxy) is 5. The first-order chi connectivity index (χ1) is 15.2. The van der Waals surface area contributed by atoms with Crippen molar-refractivity contribution in [3.05, 3.63) is 41.1 Å². The van der Waals surface area contributed by atoms with Crippen LogP contribution in [0, 0.1) is 0 Å². The molecule has 2 rings (SSSR count). The highest BCUT2D eigenvalue weighted by atomic mass is 16.6. The van der Waals surface area contributed by atoms with Crippen molar-refractivity contribution in [2.24, 2.45) is 0 Å². The Labute approximate surface area is 182 Å². The van der Waals surface area contributed by atoms with Crippen molar-refractivity contribution in [3.8, 4) is 0 Å². The Morgan fingerprint density at radius 3 is 2.09 bits per heavy atom. The number of carbonyl (C=O) groups is 5. The highest BCUT2D eigenvalue weighted by Crippen LogP contribution is 2.33. The molecule has 0 saturated heterocycles. The Hall–Kier alpha value is -4.15. The van der Waals surface area contributed by atoms with Gasteiger partial charge in [-0.05, 0) is 19.1 Å². The molecule has 32 heavy (non-hydrogen) atoms. The van der Waals surface area contributed by atoms with Gasteiger partial charge < -0.3 is 23.7 Å². The molecule has 1 aromatic heterocycles. The van der Waals surface area contributed by atoms with Crippen LogP contribution in [0.2, 0.25) is 0 Å². The fourth-order valence-electron chi connectivity index (χ4n) is 3.02. The van der Waals surface area contributed by atoms with Crippen molar-refractivity contribution < 1.29 is 47.7 Å². The molecular formula is C21H21NO10. The van der Waals surface area contributed by atoms with E-state index in [1.54, 1.807) is 6.92 Å². The molecule has 0 radical (unpaired) electrons. The van der Waals surface area contributed by atoms with E-state index in [1.807, 2.05) is 0 Å². The van der Waals surface area contributed by atoms with Crippen molar-refractivity contribution in [3.63, 3.8) is 0 Å². The maximum atomic E-state index is 12.5. The van der Waals surface area contributed by atoms with E-state index in [4.69, 9.17) is 18.9 Å². The van der Waals surface area contributed by atoms with E-state index >= 15 is 0 Å². The number of rotatable bonds is 6. The van der Waals surface area contributed by atoms with Crippen LogP contribution in [-0.2, 0) is 33.3 Å². The quantitative estimate of drug-likeness (QED) is 0.367. The van der Waals surface area contributed by atoms with Crippen LogP contribution in [0.5, 0.6) is 0 Å². The summed E-state index contributed by atoms with van der Waals surface area (Å²) in [6.45, 7) is 1.64. The van der Waals surface area contributed by atoms with Gasteiger partial charge in [0.2, 0.25) is 0 Å². The Bertz CT molecular complexity index is 1130. The molecule has 0 atom stereocenters. The molecule has 0 aliphatic heterocycles. The van der Waals surface area contributed by atoms with Gasteiger partial charge >= 0.3 is 30.0 Å². The first-order valence-corrected chi connectivity index (χ1v) is 9.15. The molecule has 0 N–H and O–H groups in total. The summed E-state index contributed by atoms with van der Waals surface area (Å²) in [5.74, 6) is -3.67. The van der Waals surface area contributed by atoms with Crippen LogP contribution in [0.25, 0.3) is 16.5 Å². The van der Waals surface area contributed by atoms with Gasteiger partial charge in [0.05, 0.1) is 57.3 Å². The molecule has 0 aliphatic rings. The summed E-state index contributed by atoms with van der Waals surface area (Å²) >= 11 is 0. The number of hydrogen-bond acceptors (Lipinski definition) is 10. The lowest BCUT2D eigenvalue weighted by Crippen LogP contribution is -2.18. The predicted octanol–water partition coefficient (Wildman–Crippen LogP) is 1.95. The fraction of sp³-hybridized carbons (Fsp3) is 0.286. The Kier molecular flexibility index (Phi) is 7.72. The van der Waals surface area contributed by atoms with Gasteiger partial charge in [-0.25, -0.2) is 24.0 Å². The molecule has 11 heteroatoms. The van der Waals surface area contributed by atoms with Gasteiger partial charge in [-0.15, -0.1) is 0 Å². The minimum atomic E-state index is -0.963. The normalized spacial score (nSPS) is 11.0. The predicted molar refractivity (Wildman–Crippen MR) is 109 cm³/mol. The van der Waals surface area contributed by atoms with Crippen LogP contribution in [-0.4, -0.2) is 69.6 Å². The molecule has 0 spiro atoms. The number of methoxy groups -OCH3 is 4. The number of esters is 4. The molecule has 11 nitrogen and oxygen atoms in total. The highest BCUT2D eigenvalue weighted by molar-refractivity contribution is 6.26. The summed E-state index contributed by atoms with van der Waals surface area (Å²) in [6.07, 6.45) is 1.29. The Morgan fingerprint density at radius 2 is 1.56 bits per heavy atom. The lowest BCUT2D eigenvalue weighted by molar-refractivity contribution is -0.136. The van der Waals surface area contributed by atoms with Gasteiger partial charge in [0.25, 0.3) is 0 Å². The zero-order chi connectivity index (χ0) is 24.0. The van der Waals surface area contributed by atoms with E-state index in [0.29, 0.717) is 0 Å². The summed E-state index contributed by atoms with van der Waals surface area (Å²) in [5, 5.41) is 0.0717. The zero-order valence-electron chi connectivity index (χ0n) is 18.0. The minimum absolute atomic E-state index is 0.00273. The summed E-state index contributed by atoms with van der Waals surface area (Å²) in [5.41, 5.74) is -0.887.